The lowest BCUT2D eigenvalue weighted by Gasteiger charge is -2.30. The van der Waals surface area contributed by atoms with Gasteiger partial charge in [-0.1, -0.05) is 6.42 Å². The molecule has 0 aromatic heterocycles. The van der Waals surface area contributed by atoms with Crippen molar-refractivity contribution >= 4 is 11.8 Å². The highest BCUT2D eigenvalue weighted by atomic mass is 16.3. The van der Waals surface area contributed by atoms with Gasteiger partial charge in [-0.15, -0.1) is 0 Å². The van der Waals surface area contributed by atoms with Crippen molar-refractivity contribution in [3.05, 3.63) is 0 Å². The van der Waals surface area contributed by atoms with Crippen molar-refractivity contribution in [2.45, 2.75) is 31.8 Å². The first-order valence-electron chi connectivity index (χ1n) is 6.54. The van der Waals surface area contributed by atoms with E-state index < -0.39 is 5.60 Å². The second kappa shape index (κ2) is 4.63. The molecule has 1 saturated heterocycles. The van der Waals surface area contributed by atoms with E-state index in [9.17, 15) is 14.7 Å². The quantitative estimate of drug-likeness (QED) is 0.722. The maximum Gasteiger partial charge on any atom is 0.233 e. The number of carbonyl (C=O) groups excluding carboxylic acids is 2. The van der Waals surface area contributed by atoms with Gasteiger partial charge >= 0.3 is 0 Å². The molecule has 5 heteroatoms. The molecule has 0 radical (unpaired) electrons. The maximum atomic E-state index is 12.1. The summed E-state index contributed by atoms with van der Waals surface area (Å²) in [7, 11) is 3.72. The molecule has 0 bridgehead atoms. The van der Waals surface area contributed by atoms with E-state index >= 15 is 0 Å². The molecule has 2 fully saturated rings. The molecular formula is C13H22N2O3. The SMILES string of the molecule is CN(C)CC(C)(O)CN1C(=O)C2CCCC2C1=O. The summed E-state index contributed by atoms with van der Waals surface area (Å²) in [5.41, 5.74) is -1.05. The summed E-state index contributed by atoms with van der Waals surface area (Å²) in [5.74, 6) is -0.400. The minimum atomic E-state index is -1.05. The van der Waals surface area contributed by atoms with Crippen LogP contribution in [0, 0.1) is 11.8 Å². The molecule has 102 valence electrons. The first kappa shape index (κ1) is 13.5. The van der Waals surface area contributed by atoms with Crippen LogP contribution in [-0.4, -0.2) is 59.5 Å². The fourth-order valence-electron chi connectivity index (χ4n) is 3.29. The monoisotopic (exact) mass is 254 g/mol. The van der Waals surface area contributed by atoms with E-state index in [1.54, 1.807) is 6.92 Å². The lowest BCUT2D eigenvalue weighted by molar-refractivity contribution is -0.144. The summed E-state index contributed by atoms with van der Waals surface area (Å²) < 4.78 is 0. The van der Waals surface area contributed by atoms with Crippen LogP contribution in [-0.2, 0) is 9.59 Å². The summed E-state index contributed by atoms with van der Waals surface area (Å²) >= 11 is 0. The van der Waals surface area contributed by atoms with Gasteiger partial charge in [0.1, 0.15) is 0 Å². The minimum absolute atomic E-state index is 0.0819. The maximum absolute atomic E-state index is 12.1. The van der Waals surface area contributed by atoms with E-state index in [0.717, 1.165) is 19.3 Å². The lowest BCUT2D eigenvalue weighted by Crippen LogP contribution is -2.49. The average Bonchev–Trinajstić information content (AvgIpc) is 2.77. The zero-order valence-corrected chi connectivity index (χ0v) is 11.3. The van der Waals surface area contributed by atoms with Gasteiger partial charge in [0.2, 0.25) is 11.8 Å². The predicted molar refractivity (Wildman–Crippen MR) is 66.7 cm³/mol. The topological polar surface area (TPSA) is 60.9 Å². The van der Waals surface area contributed by atoms with Crippen LogP contribution in [0.1, 0.15) is 26.2 Å². The van der Waals surface area contributed by atoms with Gasteiger partial charge in [0.05, 0.1) is 24.0 Å². The Morgan fingerprint density at radius 2 is 1.78 bits per heavy atom. The van der Waals surface area contributed by atoms with Crippen molar-refractivity contribution in [2.24, 2.45) is 11.8 Å². The number of nitrogens with zero attached hydrogens (tertiary/aromatic N) is 2. The fraction of sp³-hybridized carbons (Fsp3) is 0.846. The van der Waals surface area contributed by atoms with E-state index in [1.807, 2.05) is 19.0 Å². The van der Waals surface area contributed by atoms with Crippen LogP contribution < -0.4 is 0 Å². The average molecular weight is 254 g/mol. The van der Waals surface area contributed by atoms with Gasteiger partial charge in [-0.2, -0.15) is 0 Å². The first-order valence-corrected chi connectivity index (χ1v) is 6.54. The largest absolute Gasteiger partial charge is 0.387 e. The molecule has 1 N–H and O–H groups in total. The molecule has 2 aliphatic rings. The van der Waals surface area contributed by atoms with E-state index in [1.165, 1.54) is 4.90 Å². The van der Waals surface area contributed by atoms with Crippen LogP contribution in [0.15, 0.2) is 0 Å². The molecule has 3 unspecified atom stereocenters. The molecule has 0 aromatic rings. The van der Waals surface area contributed by atoms with Gasteiger partial charge < -0.3 is 10.0 Å². The molecular weight excluding hydrogens is 232 g/mol. The van der Waals surface area contributed by atoms with Crippen molar-refractivity contribution in [1.29, 1.82) is 0 Å². The molecule has 3 atom stereocenters. The molecule has 1 aliphatic carbocycles. The second-order valence-electron chi connectivity index (χ2n) is 6.14. The lowest BCUT2D eigenvalue weighted by atomic mass is 10.00. The number of carbonyl (C=O) groups is 2. The Hall–Kier alpha value is -0.940. The standard InChI is InChI=1S/C13H22N2O3/c1-13(18,7-14(2)3)8-15-11(16)9-5-4-6-10(9)12(15)17/h9-10,18H,4-8H2,1-3H3. The number of hydrogen-bond acceptors (Lipinski definition) is 4. The van der Waals surface area contributed by atoms with Gasteiger partial charge in [-0.05, 0) is 33.9 Å². The van der Waals surface area contributed by atoms with Crippen LogP contribution in [0.4, 0.5) is 0 Å². The van der Waals surface area contributed by atoms with Crippen molar-refractivity contribution in [3.8, 4) is 0 Å². The van der Waals surface area contributed by atoms with Crippen molar-refractivity contribution in [2.75, 3.05) is 27.2 Å². The van der Waals surface area contributed by atoms with Crippen molar-refractivity contribution < 1.29 is 14.7 Å². The first-order chi connectivity index (χ1) is 8.32. The normalized spacial score (nSPS) is 31.1. The number of β-amino-alcohol motifs (C(OH)–C–C–N with tert-alkyl or cyclic N) is 1. The Kier molecular flexibility index (Phi) is 3.47. The fourth-order valence-corrected chi connectivity index (χ4v) is 3.29. The third-order valence-electron chi connectivity index (χ3n) is 3.84. The highest BCUT2D eigenvalue weighted by molar-refractivity contribution is 6.05. The van der Waals surface area contributed by atoms with E-state index in [2.05, 4.69) is 0 Å². The molecule has 0 aromatic carbocycles. The van der Waals surface area contributed by atoms with Gasteiger partial charge in [-0.3, -0.25) is 14.5 Å². The van der Waals surface area contributed by atoms with E-state index in [0.29, 0.717) is 6.54 Å². The van der Waals surface area contributed by atoms with Crippen LogP contribution in [0.5, 0.6) is 0 Å². The Labute approximate surface area is 108 Å². The van der Waals surface area contributed by atoms with Crippen LogP contribution >= 0.6 is 0 Å². The second-order valence-corrected chi connectivity index (χ2v) is 6.14. The summed E-state index contributed by atoms with van der Waals surface area (Å²) in [4.78, 5) is 27.4. The van der Waals surface area contributed by atoms with Crippen molar-refractivity contribution in [1.82, 2.24) is 9.80 Å². The van der Waals surface area contributed by atoms with Gasteiger partial charge in [0, 0.05) is 6.54 Å². The number of amides is 2. The minimum Gasteiger partial charge on any atom is -0.387 e. The van der Waals surface area contributed by atoms with Crippen molar-refractivity contribution in [3.63, 3.8) is 0 Å². The molecule has 2 rings (SSSR count). The predicted octanol–water partition coefficient (Wildman–Crippen LogP) is 0.0841. The third kappa shape index (κ3) is 2.42. The number of fused-ring (bicyclic) bond motifs is 1. The summed E-state index contributed by atoms with van der Waals surface area (Å²) in [6, 6.07) is 0. The van der Waals surface area contributed by atoms with E-state index in [4.69, 9.17) is 0 Å². The summed E-state index contributed by atoms with van der Waals surface area (Å²) in [6.07, 6.45) is 2.61. The Morgan fingerprint density at radius 3 is 2.22 bits per heavy atom. The number of likely N-dealkylation sites (N-methyl/N-ethyl adjacent to an activating group) is 1. The van der Waals surface area contributed by atoms with Gasteiger partial charge in [0.25, 0.3) is 0 Å². The molecule has 18 heavy (non-hydrogen) atoms. The zero-order valence-electron chi connectivity index (χ0n) is 11.3. The van der Waals surface area contributed by atoms with Crippen LogP contribution in [0.25, 0.3) is 0 Å². The molecule has 2 amide bonds. The van der Waals surface area contributed by atoms with Gasteiger partial charge in [-0.25, -0.2) is 0 Å². The highest BCUT2D eigenvalue weighted by Gasteiger charge is 2.50. The number of hydrogen-bond donors (Lipinski definition) is 1. The summed E-state index contributed by atoms with van der Waals surface area (Å²) in [6.45, 7) is 2.21. The highest BCUT2D eigenvalue weighted by Crippen LogP contribution is 2.40. The molecule has 0 spiro atoms. The van der Waals surface area contributed by atoms with E-state index in [-0.39, 0.29) is 30.2 Å². The third-order valence-corrected chi connectivity index (χ3v) is 3.84. The number of likely N-dealkylation sites (tertiary alicyclic amines) is 1. The Balaban J connectivity index is 2.06. The van der Waals surface area contributed by atoms with Crippen LogP contribution in [0.3, 0.4) is 0 Å². The Morgan fingerprint density at radius 1 is 1.28 bits per heavy atom. The number of rotatable bonds is 4. The van der Waals surface area contributed by atoms with Gasteiger partial charge in [0.15, 0.2) is 0 Å². The summed E-state index contributed by atoms with van der Waals surface area (Å²) in [5, 5.41) is 10.3. The number of aliphatic hydroxyl groups is 1. The molecule has 1 saturated carbocycles. The molecule has 5 nitrogen and oxygen atoms in total. The molecule has 1 heterocycles. The van der Waals surface area contributed by atoms with Crippen LogP contribution in [0.2, 0.25) is 0 Å². The number of imide groups is 1. The Bertz CT molecular complexity index is 343. The molecule has 1 aliphatic heterocycles. The zero-order chi connectivity index (χ0) is 13.5. The smallest absolute Gasteiger partial charge is 0.233 e.